The number of carboxylic acid groups (broad SMARTS) is 1. The Balaban J connectivity index is 2.26. The fourth-order valence-corrected chi connectivity index (χ4v) is 1.84. The molecule has 1 heterocycles. The highest BCUT2D eigenvalue weighted by Crippen LogP contribution is 2.22. The molecule has 0 bridgehead atoms. The molecular formula is C9H12N2O2. The third kappa shape index (κ3) is 1.56. The number of aliphatic carboxylic acids is 1. The number of rotatable bonds is 2. The number of fused-ring (bicyclic) bond motifs is 1. The molecular weight excluding hydrogens is 168 g/mol. The fourth-order valence-electron chi connectivity index (χ4n) is 1.84. The Labute approximate surface area is 76.0 Å². The SMILES string of the molecule is O=C(O)Cc1n[nH]c2c1CCCC2. The Morgan fingerprint density at radius 3 is 3.00 bits per heavy atom. The molecule has 0 atom stereocenters. The maximum Gasteiger partial charge on any atom is 0.309 e. The van der Waals surface area contributed by atoms with E-state index in [-0.39, 0.29) is 6.42 Å². The van der Waals surface area contributed by atoms with Crippen LogP contribution in [-0.4, -0.2) is 21.3 Å². The zero-order valence-corrected chi connectivity index (χ0v) is 7.34. The Morgan fingerprint density at radius 1 is 1.46 bits per heavy atom. The van der Waals surface area contributed by atoms with Crippen molar-refractivity contribution in [3.63, 3.8) is 0 Å². The molecule has 13 heavy (non-hydrogen) atoms. The van der Waals surface area contributed by atoms with E-state index in [2.05, 4.69) is 10.2 Å². The molecule has 0 unspecified atom stereocenters. The largest absolute Gasteiger partial charge is 0.481 e. The van der Waals surface area contributed by atoms with Gasteiger partial charge in [-0.15, -0.1) is 0 Å². The molecule has 2 rings (SSSR count). The highest BCUT2D eigenvalue weighted by molar-refractivity contribution is 5.70. The third-order valence-electron chi connectivity index (χ3n) is 2.46. The molecule has 4 heteroatoms. The van der Waals surface area contributed by atoms with Crippen LogP contribution in [-0.2, 0) is 24.1 Å². The van der Waals surface area contributed by atoms with E-state index in [0.717, 1.165) is 36.2 Å². The van der Waals surface area contributed by atoms with Gasteiger partial charge in [-0.05, 0) is 31.2 Å². The standard InChI is InChI=1S/C9H12N2O2/c12-9(13)5-8-6-3-1-2-4-7(6)10-11-8/h1-5H2,(H,10,11)(H,12,13). The second-order valence-electron chi connectivity index (χ2n) is 3.41. The van der Waals surface area contributed by atoms with Gasteiger partial charge in [-0.25, -0.2) is 0 Å². The predicted molar refractivity (Wildman–Crippen MR) is 46.6 cm³/mol. The molecule has 0 aromatic carbocycles. The number of hydrogen-bond acceptors (Lipinski definition) is 2. The van der Waals surface area contributed by atoms with E-state index in [1.54, 1.807) is 0 Å². The summed E-state index contributed by atoms with van der Waals surface area (Å²) in [4.78, 5) is 10.5. The second-order valence-corrected chi connectivity index (χ2v) is 3.41. The Morgan fingerprint density at radius 2 is 2.23 bits per heavy atom. The highest BCUT2D eigenvalue weighted by Gasteiger charge is 2.17. The molecule has 4 nitrogen and oxygen atoms in total. The lowest BCUT2D eigenvalue weighted by molar-refractivity contribution is -0.136. The molecule has 0 aliphatic heterocycles. The first kappa shape index (κ1) is 8.29. The van der Waals surface area contributed by atoms with Gasteiger partial charge < -0.3 is 5.11 Å². The van der Waals surface area contributed by atoms with Gasteiger partial charge in [-0.1, -0.05) is 0 Å². The number of H-pyrrole nitrogens is 1. The minimum Gasteiger partial charge on any atom is -0.481 e. The first-order valence-electron chi connectivity index (χ1n) is 4.54. The van der Waals surface area contributed by atoms with E-state index in [1.807, 2.05) is 0 Å². The average Bonchev–Trinajstić information content (AvgIpc) is 2.48. The molecule has 0 saturated heterocycles. The zero-order chi connectivity index (χ0) is 9.26. The maximum absolute atomic E-state index is 10.5. The van der Waals surface area contributed by atoms with Crippen LogP contribution in [0, 0.1) is 0 Å². The van der Waals surface area contributed by atoms with Crippen LogP contribution in [0.1, 0.15) is 29.8 Å². The summed E-state index contributed by atoms with van der Waals surface area (Å²) in [6.07, 6.45) is 4.38. The van der Waals surface area contributed by atoms with Crippen LogP contribution in [0.25, 0.3) is 0 Å². The van der Waals surface area contributed by atoms with Crippen molar-refractivity contribution < 1.29 is 9.90 Å². The van der Waals surface area contributed by atoms with E-state index in [4.69, 9.17) is 5.11 Å². The number of aromatic nitrogens is 2. The molecule has 1 aromatic rings. The summed E-state index contributed by atoms with van der Waals surface area (Å²) in [5.41, 5.74) is 3.01. The van der Waals surface area contributed by atoms with Gasteiger partial charge >= 0.3 is 5.97 Å². The van der Waals surface area contributed by atoms with E-state index in [9.17, 15) is 4.79 Å². The summed E-state index contributed by atoms with van der Waals surface area (Å²) >= 11 is 0. The van der Waals surface area contributed by atoms with Crippen molar-refractivity contribution in [2.75, 3.05) is 0 Å². The minimum atomic E-state index is -0.806. The van der Waals surface area contributed by atoms with Crippen LogP contribution in [0.4, 0.5) is 0 Å². The Kier molecular flexibility index (Phi) is 2.04. The highest BCUT2D eigenvalue weighted by atomic mass is 16.4. The monoisotopic (exact) mass is 180 g/mol. The van der Waals surface area contributed by atoms with Crippen molar-refractivity contribution >= 4 is 5.97 Å². The molecule has 1 aliphatic rings. The first-order chi connectivity index (χ1) is 6.27. The molecule has 0 amide bonds. The lowest BCUT2D eigenvalue weighted by atomic mass is 9.95. The quantitative estimate of drug-likeness (QED) is 0.711. The summed E-state index contributed by atoms with van der Waals surface area (Å²) in [7, 11) is 0. The van der Waals surface area contributed by atoms with Crippen molar-refractivity contribution in [2.24, 2.45) is 0 Å². The van der Waals surface area contributed by atoms with Crippen LogP contribution in [0.2, 0.25) is 0 Å². The van der Waals surface area contributed by atoms with Gasteiger partial charge in [-0.2, -0.15) is 5.10 Å². The first-order valence-corrected chi connectivity index (χ1v) is 4.54. The maximum atomic E-state index is 10.5. The normalized spacial score (nSPS) is 15.4. The Hall–Kier alpha value is -1.32. The lowest BCUT2D eigenvalue weighted by Crippen LogP contribution is -2.06. The van der Waals surface area contributed by atoms with Gasteiger partial charge in [-0.3, -0.25) is 9.89 Å². The molecule has 70 valence electrons. The fraction of sp³-hybridized carbons (Fsp3) is 0.556. The average molecular weight is 180 g/mol. The van der Waals surface area contributed by atoms with Gasteiger partial charge in [0, 0.05) is 5.69 Å². The van der Waals surface area contributed by atoms with Gasteiger partial charge in [0.1, 0.15) is 0 Å². The number of carbonyl (C=O) groups is 1. The van der Waals surface area contributed by atoms with Crippen LogP contribution in [0.3, 0.4) is 0 Å². The summed E-state index contributed by atoms with van der Waals surface area (Å²) in [5, 5.41) is 15.6. The van der Waals surface area contributed by atoms with Gasteiger partial charge in [0.05, 0.1) is 12.1 Å². The number of aryl methyl sites for hydroxylation is 1. The molecule has 1 aliphatic carbocycles. The molecule has 2 N–H and O–H groups in total. The van der Waals surface area contributed by atoms with Gasteiger partial charge in [0.15, 0.2) is 0 Å². The van der Waals surface area contributed by atoms with Crippen molar-refractivity contribution in [1.29, 1.82) is 0 Å². The molecule has 0 spiro atoms. The smallest absolute Gasteiger partial charge is 0.309 e. The van der Waals surface area contributed by atoms with Crippen molar-refractivity contribution in [1.82, 2.24) is 10.2 Å². The van der Waals surface area contributed by atoms with E-state index in [1.165, 1.54) is 6.42 Å². The van der Waals surface area contributed by atoms with Gasteiger partial charge in [0.25, 0.3) is 0 Å². The van der Waals surface area contributed by atoms with Crippen molar-refractivity contribution in [2.45, 2.75) is 32.1 Å². The van der Waals surface area contributed by atoms with Crippen LogP contribution in [0.15, 0.2) is 0 Å². The van der Waals surface area contributed by atoms with Crippen LogP contribution in [0.5, 0.6) is 0 Å². The molecule has 0 radical (unpaired) electrons. The summed E-state index contributed by atoms with van der Waals surface area (Å²) in [5.74, 6) is -0.806. The van der Waals surface area contributed by atoms with Gasteiger partial charge in [0.2, 0.25) is 0 Å². The molecule has 0 saturated carbocycles. The lowest BCUT2D eigenvalue weighted by Gasteiger charge is -2.10. The summed E-state index contributed by atoms with van der Waals surface area (Å²) < 4.78 is 0. The number of hydrogen-bond donors (Lipinski definition) is 2. The van der Waals surface area contributed by atoms with Crippen LogP contribution >= 0.6 is 0 Å². The number of carboxylic acids is 1. The van der Waals surface area contributed by atoms with Crippen LogP contribution < -0.4 is 0 Å². The van der Waals surface area contributed by atoms with E-state index >= 15 is 0 Å². The number of nitrogens with one attached hydrogen (secondary N) is 1. The second kappa shape index (κ2) is 3.20. The van der Waals surface area contributed by atoms with E-state index < -0.39 is 5.97 Å². The topological polar surface area (TPSA) is 66.0 Å². The molecule has 1 aromatic heterocycles. The molecule has 0 fully saturated rings. The third-order valence-corrected chi connectivity index (χ3v) is 2.46. The number of nitrogens with zero attached hydrogens (tertiary/aromatic N) is 1. The van der Waals surface area contributed by atoms with Crippen molar-refractivity contribution in [3.8, 4) is 0 Å². The van der Waals surface area contributed by atoms with Crippen molar-refractivity contribution in [3.05, 3.63) is 17.0 Å². The van der Waals surface area contributed by atoms with E-state index in [0.29, 0.717) is 0 Å². The summed E-state index contributed by atoms with van der Waals surface area (Å²) in [6.45, 7) is 0. The minimum absolute atomic E-state index is 0.0475. The Bertz CT molecular complexity index is 330. The number of aromatic amines is 1. The summed E-state index contributed by atoms with van der Waals surface area (Å²) in [6, 6.07) is 0. The zero-order valence-electron chi connectivity index (χ0n) is 7.34. The predicted octanol–water partition coefficient (Wildman–Crippen LogP) is 0.916.